The van der Waals surface area contributed by atoms with E-state index in [0.717, 1.165) is 25.7 Å². The van der Waals surface area contributed by atoms with E-state index in [1.807, 2.05) is 12.1 Å². The molecule has 0 fully saturated rings. The molecule has 0 heterocycles. The lowest BCUT2D eigenvalue weighted by Crippen LogP contribution is -2.01. The van der Waals surface area contributed by atoms with Crippen LogP contribution in [0, 0.1) is 0 Å². The normalized spacial score (nSPS) is 9.93. The van der Waals surface area contributed by atoms with Crippen LogP contribution in [0.3, 0.4) is 0 Å². The van der Waals surface area contributed by atoms with Gasteiger partial charge in [0.05, 0.1) is 12.2 Å². The third-order valence-electron chi connectivity index (χ3n) is 2.05. The maximum absolute atomic E-state index is 10.7. The molecule has 0 bridgehead atoms. The zero-order valence-electron chi connectivity index (χ0n) is 8.94. The van der Waals surface area contributed by atoms with E-state index in [1.165, 1.54) is 0 Å². The summed E-state index contributed by atoms with van der Waals surface area (Å²) in [6.07, 6.45) is 2.71. The number of ether oxygens (including phenoxy) is 2. The van der Waals surface area contributed by atoms with Crippen LogP contribution in [-0.4, -0.2) is 26.6 Å². The standard InChI is InChI=1S/C12H16O3/c1-14-8-4-5-9-15-12-7-3-2-6-11(12)10-13/h2-3,6-7,10H,4-5,8-9H2,1H3. The van der Waals surface area contributed by atoms with Crippen molar-refractivity contribution in [1.29, 1.82) is 0 Å². The van der Waals surface area contributed by atoms with Gasteiger partial charge in [0.2, 0.25) is 0 Å². The van der Waals surface area contributed by atoms with Crippen molar-refractivity contribution in [3.05, 3.63) is 29.8 Å². The van der Waals surface area contributed by atoms with Crippen LogP contribution in [0.2, 0.25) is 0 Å². The van der Waals surface area contributed by atoms with Crippen LogP contribution in [-0.2, 0) is 4.74 Å². The van der Waals surface area contributed by atoms with Crippen LogP contribution in [0.25, 0.3) is 0 Å². The van der Waals surface area contributed by atoms with Crippen molar-refractivity contribution < 1.29 is 14.3 Å². The summed E-state index contributed by atoms with van der Waals surface area (Å²) in [5.41, 5.74) is 0.601. The Kier molecular flexibility index (Phi) is 5.48. The number of carbonyl (C=O) groups excluding carboxylic acids is 1. The lowest BCUT2D eigenvalue weighted by molar-refractivity contribution is 0.111. The number of benzene rings is 1. The highest BCUT2D eigenvalue weighted by molar-refractivity contribution is 5.79. The highest BCUT2D eigenvalue weighted by Gasteiger charge is 2.00. The zero-order chi connectivity index (χ0) is 10.9. The molecule has 3 heteroatoms. The SMILES string of the molecule is COCCCCOc1ccccc1C=O. The Labute approximate surface area is 90.0 Å². The van der Waals surface area contributed by atoms with E-state index in [1.54, 1.807) is 19.2 Å². The smallest absolute Gasteiger partial charge is 0.153 e. The van der Waals surface area contributed by atoms with E-state index in [-0.39, 0.29) is 0 Å². The average molecular weight is 208 g/mol. The van der Waals surface area contributed by atoms with Crippen LogP contribution >= 0.6 is 0 Å². The first-order valence-corrected chi connectivity index (χ1v) is 5.04. The molecule has 0 N–H and O–H groups in total. The maximum Gasteiger partial charge on any atom is 0.153 e. The second-order valence-electron chi connectivity index (χ2n) is 3.20. The monoisotopic (exact) mass is 208 g/mol. The highest BCUT2D eigenvalue weighted by atomic mass is 16.5. The van der Waals surface area contributed by atoms with Gasteiger partial charge >= 0.3 is 0 Å². The van der Waals surface area contributed by atoms with Gasteiger partial charge in [-0.05, 0) is 25.0 Å². The molecule has 0 saturated carbocycles. The van der Waals surface area contributed by atoms with Crippen LogP contribution < -0.4 is 4.74 Å². The predicted molar refractivity (Wildman–Crippen MR) is 58.4 cm³/mol. The van der Waals surface area contributed by atoms with Gasteiger partial charge in [0.15, 0.2) is 6.29 Å². The number of para-hydroxylation sites is 1. The average Bonchev–Trinajstić information content (AvgIpc) is 2.29. The number of rotatable bonds is 7. The summed E-state index contributed by atoms with van der Waals surface area (Å²) in [6, 6.07) is 7.23. The van der Waals surface area contributed by atoms with E-state index in [9.17, 15) is 4.79 Å². The molecule has 0 atom stereocenters. The molecule has 0 aliphatic heterocycles. The third kappa shape index (κ3) is 4.13. The Balaban J connectivity index is 2.33. The van der Waals surface area contributed by atoms with E-state index in [0.29, 0.717) is 17.9 Å². The van der Waals surface area contributed by atoms with Gasteiger partial charge < -0.3 is 9.47 Å². The summed E-state index contributed by atoms with van der Waals surface area (Å²) in [6.45, 7) is 1.37. The molecule has 1 rings (SSSR count). The molecule has 0 radical (unpaired) electrons. The fourth-order valence-electron chi connectivity index (χ4n) is 1.24. The third-order valence-corrected chi connectivity index (χ3v) is 2.05. The summed E-state index contributed by atoms with van der Waals surface area (Å²) in [7, 11) is 1.68. The van der Waals surface area contributed by atoms with Gasteiger partial charge in [0, 0.05) is 13.7 Å². The number of hydrogen-bond donors (Lipinski definition) is 0. The number of hydrogen-bond acceptors (Lipinski definition) is 3. The van der Waals surface area contributed by atoms with Crippen molar-refractivity contribution in [2.24, 2.45) is 0 Å². The fourth-order valence-corrected chi connectivity index (χ4v) is 1.24. The minimum Gasteiger partial charge on any atom is -0.493 e. The van der Waals surface area contributed by atoms with Gasteiger partial charge in [0.1, 0.15) is 5.75 Å². The number of methoxy groups -OCH3 is 1. The van der Waals surface area contributed by atoms with Gasteiger partial charge in [-0.1, -0.05) is 12.1 Å². The van der Waals surface area contributed by atoms with Gasteiger partial charge in [-0.25, -0.2) is 0 Å². The number of aldehydes is 1. The van der Waals surface area contributed by atoms with Crippen molar-refractivity contribution in [3.8, 4) is 5.75 Å². The van der Waals surface area contributed by atoms with Crippen molar-refractivity contribution in [2.75, 3.05) is 20.3 Å². The zero-order valence-corrected chi connectivity index (χ0v) is 8.94. The molecule has 0 aliphatic rings. The molecule has 3 nitrogen and oxygen atoms in total. The van der Waals surface area contributed by atoms with Crippen molar-refractivity contribution in [2.45, 2.75) is 12.8 Å². The maximum atomic E-state index is 10.7. The van der Waals surface area contributed by atoms with Gasteiger partial charge in [-0.15, -0.1) is 0 Å². The number of unbranched alkanes of at least 4 members (excludes halogenated alkanes) is 1. The summed E-state index contributed by atoms with van der Waals surface area (Å²) < 4.78 is 10.4. The van der Waals surface area contributed by atoms with Gasteiger partial charge in [-0.2, -0.15) is 0 Å². The summed E-state index contributed by atoms with van der Waals surface area (Å²) >= 11 is 0. The largest absolute Gasteiger partial charge is 0.493 e. The molecule has 0 amide bonds. The lowest BCUT2D eigenvalue weighted by Gasteiger charge is -2.07. The number of carbonyl (C=O) groups is 1. The minimum absolute atomic E-state index is 0.601. The van der Waals surface area contributed by atoms with E-state index in [2.05, 4.69) is 0 Å². The fraction of sp³-hybridized carbons (Fsp3) is 0.417. The van der Waals surface area contributed by atoms with Crippen LogP contribution in [0.15, 0.2) is 24.3 Å². The second kappa shape index (κ2) is 7.01. The Hall–Kier alpha value is -1.35. The van der Waals surface area contributed by atoms with Crippen molar-refractivity contribution in [3.63, 3.8) is 0 Å². The molecule has 0 aromatic heterocycles. The van der Waals surface area contributed by atoms with E-state index < -0.39 is 0 Å². The Morgan fingerprint density at radius 1 is 1.20 bits per heavy atom. The van der Waals surface area contributed by atoms with E-state index >= 15 is 0 Å². The van der Waals surface area contributed by atoms with Crippen LogP contribution in [0.5, 0.6) is 5.75 Å². The molecule has 1 aromatic carbocycles. The van der Waals surface area contributed by atoms with Gasteiger partial charge in [-0.3, -0.25) is 4.79 Å². The Bertz CT molecular complexity index is 297. The molecular weight excluding hydrogens is 192 g/mol. The topological polar surface area (TPSA) is 35.5 Å². The lowest BCUT2D eigenvalue weighted by atomic mass is 10.2. The Morgan fingerprint density at radius 2 is 1.93 bits per heavy atom. The summed E-state index contributed by atoms with van der Waals surface area (Å²) in [5, 5.41) is 0. The molecule has 0 unspecified atom stereocenters. The minimum atomic E-state index is 0.601. The van der Waals surface area contributed by atoms with E-state index in [4.69, 9.17) is 9.47 Å². The predicted octanol–water partition coefficient (Wildman–Crippen LogP) is 2.30. The molecule has 0 saturated heterocycles. The molecule has 15 heavy (non-hydrogen) atoms. The Morgan fingerprint density at radius 3 is 2.67 bits per heavy atom. The molecule has 0 aliphatic carbocycles. The molecular formula is C12H16O3. The first kappa shape index (κ1) is 11.7. The van der Waals surface area contributed by atoms with Crippen LogP contribution in [0.4, 0.5) is 0 Å². The van der Waals surface area contributed by atoms with Crippen molar-refractivity contribution in [1.82, 2.24) is 0 Å². The first-order chi connectivity index (χ1) is 7.38. The summed E-state index contributed by atoms with van der Waals surface area (Å²) in [4.78, 5) is 10.7. The molecule has 1 aromatic rings. The highest BCUT2D eigenvalue weighted by Crippen LogP contribution is 2.15. The van der Waals surface area contributed by atoms with Crippen LogP contribution in [0.1, 0.15) is 23.2 Å². The van der Waals surface area contributed by atoms with Gasteiger partial charge in [0.25, 0.3) is 0 Å². The summed E-state index contributed by atoms with van der Waals surface area (Å²) in [5.74, 6) is 0.657. The molecule has 82 valence electrons. The second-order valence-corrected chi connectivity index (χ2v) is 3.20. The quantitative estimate of drug-likeness (QED) is 0.509. The first-order valence-electron chi connectivity index (χ1n) is 5.04. The van der Waals surface area contributed by atoms with Crippen molar-refractivity contribution >= 4 is 6.29 Å². The molecule has 0 spiro atoms.